The fourth-order valence-corrected chi connectivity index (χ4v) is 2.38. The number of nitrogens with one attached hydrogen (secondary N) is 1. The molecule has 2 N–H and O–H groups in total. The normalized spacial score (nSPS) is 11.7. The van der Waals surface area contributed by atoms with Gasteiger partial charge in [0.15, 0.2) is 0 Å². The average molecular weight is 272 g/mol. The lowest BCUT2D eigenvalue weighted by atomic mass is 9.92. The van der Waals surface area contributed by atoms with Gasteiger partial charge in [-0.1, -0.05) is 26.0 Å². The zero-order valence-electron chi connectivity index (χ0n) is 11.9. The molecule has 1 aromatic carbocycles. The molecule has 0 atom stereocenters. The van der Waals surface area contributed by atoms with Crippen LogP contribution >= 0.6 is 0 Å². The van der Waals surface area contributed by atoms with Gasteiger partial charge in [0.25, 0.3) is 0 Å². The lowest BCUT2D eigenvalue weighted by Gasteiger charge is -2.28. The van der Waals surface area contributed by atoms with Gasteiger partial charge in [0.05, 0.1) is 5.52 Å². The molecule has 0 saturated carbocycles. The van der Waals surface area contributed by atoms with Crippen LogP contribution in [0.15, 0.2) is 36.5 Å². The third-order valence-corrected chi connectivity index (χ3v) is 3.91. The van der Waals surface area contributed by atoms with Gasteiger partial charge in [0, 0.05) is 18.1 Å². The van der Waals surface area contributed by atoms with Crippen LogP contribution in [0, 0.1) is 0 Å². The van der Waals surface area contributed by atoms with E-state index in [0.29, 0.717) is 19.4 Å². The maximum atomic E-state index is 11.4. The Bertz CT molecular complexity index is 606. The number of rotatable bonds is 6. The van der Waals surface area contributed by atoms with Crippen molar-refractivity contribution in [1.82, 2.24) is 10.3 Å². The standard InChI is InChI=1S/C16H20N2O2/c1-3-16(4-2,15(19)20)18-11-12-7-8-14-13(10-12)6-5-9-17-14/h5-10,18H,3-4,11H2,1-2H3,(H,19,20). The first-order valence-corrected chi connectivity index (χ1v) is 6.93. The number of carboxylic acid groups (broad SMARTS) is 1. The largest absolute Gasteiger partial charge is 0.480 e. The molecule has 106 valence electrons. The summed E-state index contributed by atoms with van der Waals surface area (Å²) in [5, 5.41) is 13.7. The minimum atomic E-state index is -0.843. The summed E-state index contributed by atoms with van der Waals surface area (Å²) in [6.45, 7) is 4.34. The van der Waals surface area contributed by atoms with E-state index in [1.165, 1.54) is 0 Å². The van der Waals surface area contributed by atoms with E-state index in [2.05, 4.69) is 10.3 Å². The van der Waals surface area contributed by atoms with Crippen LogP contribution in [0.1, 0.15) is 32.3 Å². The van der Waals surface area contributed by atoms with Gasteiger partial charge in [-0.05, 0) is 36.6 Å². The molecular weight excluding hydrogens is 252 g/mol. The van der Waals surface area contributed by atoms with Gasteiger partial charge in [-0.15, -0.1) is 0 Å². The molecule has 0 radical (unpaired) electrons. The van der Waals surface area contributed by atoms with Crippen molar-refractivity contribution in [2.45, 2.75) is 38.8 Å². The van der Waals surface area contributed by atoms with Gasteiger partial charge in [0.2, 0.25) is 0 Å². The second kappa shape index (κ2) is 6.01. The Morgan fingerprint density at radius 3 is 2.70 bits per heavy atom. The maximum Gasteiger partial charge on any atom is 0.323 e. The molecule has 0 unspecified atom stereocenters. The number of hydrogen-bond donors (Lipinski definition) is 2. The van der Waals surface area contributed by atoms with Gasteiger partial charge in [-0.25, -0.2) is 0 Å². The molecule has 20 heavy (non-hydrogen) atoms. The summed E-state index contributed by atoms with van der Waals surface area (Å²) in [4.78, 5) is 15.7. The van der Waals surface area contributed by atoms with Crippen LogP contribution in [0.4, 0.5) is 0 Å². The van der Waals surface area contributed by atoms with Crippen LogP contribution in [0.25, 0.3) is 10.9 Å². The molecule has 0 amide bonds. The Balaban J connectivity index is 2.17. The molecular formula is C16H20N2O2. The van der Waals surface area contributed by atoms with E-state index in [1.807, 2.05) is 44.2 Å². The summed E-state index contributed by atoms with van der Waals surface area (Å²) in [5.41, 5.74) is 1.17. The molecule has 0 fully saturated rings. The summed E-state index contributed by atoms with van der Waals surface area (Å²) in [7, 11) is 0. The van der Waals surface area contributed by atoms with Crippen LogP contribution in [0.2, 0.25) is 0 Å². The first-order chi connectivity index (χ1) is 9.61. The van der Waals surface area contributed by atoms with E-state index in [4.69, 9.17) is 0 Å². The number of pyridine rings is 1. The first kappa shape index (κ1) is 14.5. The molecule has 0 bridgehead atoms. The highest BCUT2D eigenvalue weighted by molar-refractivity contribution is 5.79. The molecule has 0 aliphatic carbocycles. The minimum absolute atomic E-state index is 0.540. The Hall–Kier alpha value is -1.94. The molecule has 0 spiro atoms. The smallest absolute Gasteiger partial charge is 0.323 e. The van der Waals surface area contributed by atoms with Gasteiger partial charge < -0.3 is 5.11 Å². The predicted octanol–water partition coefficient (Wildman–Crippen LogP) is 2.97. The van der Waals surface area contributed by atoms with Gasteiger partial charge >= 0.3 is 5.97 Å². The highest BCUT2D eigenvalue weighted by Crippen LogP contribution is 2.18. The number of hydrogen-bond acceptors (Lipinski definition) is 3. The van der Waals surface area contributed by atoms with E-state index in [1.54, 1.807) is 6.20 Å². The number of aromatic nitrogens is 1. The SMILES string of the molecule is CCC(CC)(NCc1ccc2ncccc2c1)C(=O)O. The van der Waals surface area contributed by atoms with E-state index in [-0.39, 0.29) is 0 Å². The van der Waals surface area contributed by atoms with Crippen molar-refractivity contribution < 1.29 is 9.90 Å². The summed E-state index contributed by atoms with van der Waals surface area (Å²) < 4.78 is 0. The van der Waals surface area contributed by atoms with E-state index < -0.39 is 11.5 Å². The fraction of sp³-hybridized carbons (Fsp3) is 0.375. The Kier molecular flexibility index (Phi) is 4.35. The number of benzene rings is 1. The second-order valence-electron chi connectivity index (χ2n) is 4.98. The third-order valence-electron chi connectivity index (χ3n) is 3.91. The van der Waals surface area contributed by atoms with Gasteiger partial charge in [0.1, 0.15) is 5.54 Å². The van der Waals surface area contributed by atoms with Crippen molar-refractivity contribution >= 4 is 16.9 Å². The number of nitrogens with zero attached hydrogens (tertiary/aromatic N) is 1. The number of fused-ring (bicyclic) bond motifs is 1. The summed E-state index contributed by atoms with van der Waals surface area (Å²) in [6, 6.07) is 9.91. The summed E-state index contributed by atoms with van der Waals surface area (Å²) in [6.07, 6.45) is 2.89. The molecule has 2 rings (SSSR count). The van der Waals surface area contributed by atoms with Crippen molar-refractivity contribution in [1.29, 1.82) is 0 Å². The fourth-order valence-electron chi connectivity index (χ4n) is 2.38. The first-order valence-electron chi connectivity index (χ1n) is 6.93. The van der Waals surface area contributed by atoms with E-state index in [9.17, 15) is 9.90 Å². The predicted molar refractivity (Wildman–Crippen MR) is 79.5 cm³/mol. The van der Waals surface area contributed by atoms with Crippen molar-refractivity contribution in [2.24, 2.45) is 0 Å². The monoisotopic (exact) mass is 272 g/mol. The molecule has 0 aliphatic rings. The van der Waals surface area contributed by atoms with Crippen LogP contribution in [-0.4, -0.2) is 21.6 Å². The highest BCUT2D eigenvalue weighted by atomic mass is 16.4. The number of carboxylic acids is 1. The highest BCUT2D eigenvalue weighted by Gasteiger charge is 2.33. The lowest BCUT2D eigenvalue weighted by Crippen LogP contribution is -2.50. The average Bonchev–Trinajstić information content (AvgIpc) is 2.48. The zero-order valence-corrected chi connectivity index (χ0v) is 11.9. The molecule has 2 aromatic rings. The molecule has 4 nitrogen and oxygen atoms in total. The summed E-state index contributed by atoms with van der Waals surface area (Å²) >= 11 is 0. The Morgan fingerprint density at radius 1 is 1.30 bits per heavy atom. The molecule has 1 aromatic heterocycles. The van der Waals surface area contributed by atoms with Crippen LogP contribution < -0.4 is 5.32 Å². The molecule has 0 aliphatic heterocycles. The Morgan fingerprint density at radius 2 is 2.05 bits per heavy atom. The number of carbonyl (C=O) groups is 1. The summed E-state index contributed by atoms with van der Waals surface area (Å²) in [5.74, 6) is -0.787. The Labute approximate surface area is 118 Å². The van der Waals surface area contributed by atoms with Crippen LogP contribution in [0.5, 0.6) is 0 Å². The lowest BCUT2D eigenvalue weighted by molar-refractivity contribution is -0.145. The van der Waals surface area contributed by atoms with Gasteiger partial charge in [-0.2, -0.15) is 0 Å². The van der Waals surface area contributed by atoms with Gasteiger partial charge in [-0.3, -0.25) is 15.1 Å². The van der Waals surface area contributed by atoms with Crippen LogP contribution in [-0.2, 0) is 11.3 Å². The topological polar surface area (TPSA) is 62.2 Å². The minimum Gasteiger partial charge on any atom is -0.480 e. The zero-order chi connectivity index (χ0) is 14.6. The number of aliphatic carboxylic acids is 1. The maximum absolute atomic E-state index is 11.4. The molecule has 4 heteroatoms. The van der Waals surface area contributed by atoms with Crippen molar-refractivity contribution in [3.63, 3.8) is 0 Å². The van der Waals surface area contributed by atoms with Crippen molar-refractivity contribution in [2.75, 3.05) is 0 Å². The second-order valence-corrected chi connectivity index (χ2v) is 4.98. The van der Waals surface area contributed by atoms with Crippen LogP contribution in [0.3, 0.4) is 0 Å². The third kappa shape index (κ3) is 2.80. The van der Waals surface area contributed by atoms with E-state index in [0.717, 1.165) is 16.5 Å². The van der Waals surface area contributed by atoms with E-state index >= 15 is 0 Å². The molecule has 0 saturated heterocycles. The molecule has 1 heterocycles. The van der Waals surface area contributed by atoms with Crippen molar-refractivity contribution in [3.05, 3.63) is 42.1 Å². The quantitative estimate of drug-likeness (QED) is 0.848. The van der Waals surface area contributed by atoms with Crippen molar-refractivity contribution in [3.8, 4) is 0 Å².